The third-order valence-corrected chi connectivity index (χ3v) is 6.35. The van der Waals surface area contributed by atoms with E-state index in [9.17, 15) is 13.2 Å². The van der Waals surface area contributed by atoms with Crippen LogP contribution < -0.4 is 5.32 Å². The fourth-order valence-electron chi connectivity index (χ4n) is 2.93. The van der Waals surface area contributed by atoms with Crippen LogP contribution in [-0.4, -0.2) is 55.1 Å². The molecule has 1 saturated heterocycles. The number of hydrogen-bond donors (Lipinski definition) is 2. The molecule has 1 aliphatic rings. The highest BCUT2D eigenvalue weighted by Crippen LogP contribution is 2.33. The van der Waals surface area contributed by atoms with Gasteiger partial charge < -0.3 is 10.1 Å². The number of H-pyrrole nitrogens is 1. The van der Waals surface area contributed by atoms with Crippen LogP contribution in [0.2, 0.25) is 5.02 Å². The molecule has 0 aliphatic carbocycles. The molecule has 0 radical (unpaired) electrons. The fourth-order valence-corrected chi connectivity index (χ4v) is 4.86. The second kappa shape index (κ2) is 9.03. The number of esters is 1. The van der Waals surface area contributed by atoms with Crippen LogP contribution in [0.1, 0.15) is 28.9 Å². The molecule has 11 heteroatoms. The standard InChI is InChI=1S/C16H19ClN4O4S.ClH/c1-2-25-16(22)12-9-19-20-15(12)26(23,24)21-8-7-18-10-14(21)11-5-3-4-6-13(11)17;/h3-6,9,14,18H,2,7-8,10H2,1H3,(H,19,20);1H. The van der Waals surface area contributed by atoms with Gasteiger partial charge in [0.1, 0.15) is 5.56 Å². The van der Waals surface area contributed by atoms with E-state index in [1.54, 1.807) is 31.2 Å². The largest absolute Gasteiger partial charge is 0.462 e. The first-order valence-corrected chi connectivity index (χ1v) is 9.96. The summed E-state index contributed by atoms with van der Waals surface area (Å²) < 4.78 is 32.8. The monoisotopic (exact) mass is 434 g/mol. The number of aromatic nitrogens is 2. The summed E-state index contributed by atoms with van der Waals surface area (Å²) in [5.74, 6) is -0.732. The summed E-state index contributed by atoms with van der Waals surface area (Å²) in [6, 6.07) is 6.61. The molecule has 0 saturated carbocycles. The number of nitrogens with zero attached hydrogens (tertiary/aromatic N) is 2. The Balaban J connectivity index is 0.00000261. The second-order valence-corrected chi connectivity index (χ2v) is 7.93. The Morgan fingerprint density at radius 2 is 2.15 bits per heavy atom. The molecular weight excluding hydrogens is 415 g/mol. The van der Waals surface area contributed by atoms with Crippen molar-refractivity contribution >= 4 is 40.0 Å². The number of benzene rings is 1. The van der Waals surface area contributed by atoms with E-state index in [2.05, 4.69) is 15.5 Å². The third-order valence-electron chi connectivity index (χ3n) is 4.12. The van der Waals surface area contributed by atoms with Crippen molar-refractivity contribution in [3.63, 3.8) is 0 Å². The Labute approximate surface area is 168 Å². The summed E-state index contributed by atoms with van der Waals surface area (Å²) >= 11 is 6.28. The van der Waals surface area contributed by atoms with E-state index in [4.69, 9.17) is 16.3 Å². The lowest BCUT2D eigenvalue weighted by molar-refractivity contribution is 0.0521. The number of nitrogens with one attached hydrogen (secondary N) is 2. The molecule has 3 rings (SSSR count). The quantitative estimate of drug-likeness (QED) is 0.697. The molecular formula is C16H20Cl2N4O4S. The summed E-state index contributed by atoms with van der Waals surface area (Å²) in [7, 11) is -4.01. The predicted molar refractivity (Wildman–Crippen MR) is 103 cm³/mol. The van der Waals surface area contributed by atoms with E-state index in [-0.39, 0.29) is 36.1 Å². The van der Waals surface area contributed by atoms with Gasteiger partial charge in [0, 0.05) is 24.7 Å². The number of aromatic amines is 1. The smallest absolute Gasteiger partial charge is 0.342 e. The Morgan fingerprint density at radius 1 is 1.41 bits per heavy atom. The van der Waals surface area contributed by atoms with Crippen molar-refractivity contribution in [3.8, 4) is 0 Å². The van der Waals surface area contributed by atoms with Crippen LogP contribution in [-0.2, 0) is 14.8 Å². The number of carbonyl (C=O) groups is 1. The molecule has 0 amide bonds. The Morgan fingerprint density at radius 3 is 2.85 bits per heavy atom. The van der Waals surface area contributed by atoms with Gasteiger partial charge in [-0.2, -0.15) is 9.40 Å². The van der Waals surface area contributed by atoms with E-state index >= 15 is 0 Å². The van der Waals surface area contributed by atoms with Crippen molar-refractivity contribution in [2.45, 2.75) is 18.0 Å². The van der Waals surface area contributed by atoms with E-state index in [0.29, 0.717) is 23.7 Å². The van der Waals surface area contributed by atoms with Crippen molar-refractivity contribution in [3.05, 3.63) is 46.6 Å². The van der Waals surface area contributed by atoms with Gasteiger partial charge in [-0.3, -0.25) is 5.10 Å². The van der Waals surface area contributed by atoms with E-state index < -0.39 is 22.0 Å². The van der Waals surface area contributed by atoms with Gasteiger partial charge in [0.15, 0.2) is 5.03 Å². The maximum atomic E-state index is 13.2. The lowest BCUT2D eigenvalue weighted by Gasteiger charge is -2.35. The zero-order valence-corrected chi connectivity index (χ0v) is 16.9. The third kappa shape index (κ3) is 4.27. The van der Waals surface area contributed by atoms with Crippen molar-refractivity contribution in [1.29, 1.82) is 0 Å². The minimum atomic E-state index is -4.01. The van der Waals surface area contributed by atoms with Gasteiger partial charge in [0.05, 0.1) is 18.8 Å². The molecule has 1 fully saturated rings. The fraction of sp³-hybridized carbons (Fsp3) is 0.375. The molecule has 8 nitrogen and oxygen atoms in total. The van der Waals surface area contributed by atoms with Crippen molar-refractivity contribution in [2.24, 2.45) is 0 Å². The average Bonchev–Trinajstić information content (AvgIpc) is 3.13. The van der Waals surface area contributed by atoms with Gasteiger partial charge >= 0.3 is 5.97 Å². The number of sulfonamides is 1. The van der Waals surface area contributed by atoms with Crippen molar-refractivity contribution < 1.29 is 17.9 Å². The Bertz CT molecular complexity index is 903. The number of halogens is 2. The first-order chi connectivity index (χ1) is 12.5. The first kappa shape index (κ1) is 21.6. The van der Waals surface area contributed by atoms with Gasteiger partial charge in [0.25, 0.3) is 10.0 Å². The van der Waals surface area contributed by atoms with Crippen LogP contribution in [0.4, 0.5) is 0 Å². The highest BCUT2D eigenvalue weighted by atomic mass is 35.5. The van der Waals surface area contributed by atoms with Crippen LogP contribution in [0.25, 0.3) is 0 Å². The molecule has 2 heterocycles. The molecule has 1 aliphatic heterocycles. The highest BCUT2D eigenvalue weighted by Gasteiger charge is 2.38. The first-order valence-electron chi connectivity index (χ1n) is 8.14. The number of ether oxygens (including phenoxy) is 1. The summed E-state index contributed by atoms with van der Waals surface area (Å²) in [4.78, 5) is 12.1. The lowest BCUT2D eigenvalue weighted by Crippen LogP contribution is -2.49. The molecule has 1 atom stereocenters. The van der Waals surface area contributed by atoms with Gasteiger partial charge in [-0.1, -0.05) is 29.8 Å². The predicted octanol–water partition coefficient (Wildman–Crippen LogP) is 2.00. The SMILES string of the molecule is CCOC(=O)c1cn[nH]c1S(=O)(=O)N1CCNCC1c1ccccc1Cl.Cl. The van der Waals surface area contributed by atoms with E-state index in [1.165, 1.54) is 4.31 Å². The topological polar surface area (TPSA) is 104 Å². The molecule has 1 unspecified atom stereocenters. The van der Waals surface area contributed by atoms with Crippen LogP contribution in [0.5, 0.6) is 0 Å². The van der Waals surface area contributed by atoms with Crippen molar-refractivity contribution in [1.82, 2.24) is 19.8 Å². The van der Waals surface area contributed by atoms with Gasteiger partial charge in [-0.25, -0.2) is 13.2 Å². The normalized spacial score (nSPS) is 17.9. The number of hydrogen-bond acceptors (Lipinski definition) is 6. The molecule has 148 valence electrons. The van der Waals surface area contributed by atoms with Crippen LogP contribution in [0, 0.1) is 0 Å². The zero-order chi connectivity index (χ0) is 18.7. The van der Waals surface area contributed by atoms with E-state index in [0.717, 1.165) is 6.20 Å². The second-order valence-electron chi connectivity index (χ2n) is 5.69. The summed E-state index contributed by atoms with van der Waals surface area (Å²) in [6.07, 6.45) is 1.16. The summed E-state index contributed by atoms with van der Waals surface area (Å²) in [6.45, 7) is 2.92. The van der Waals surface area contributed by atoms with E-state index in [1.807, 2.05) is 0 Å². The molecule has 2 N–H and O–H groups in total. The van der Waals surface area contributed by atoms with Crippen molar-refractivity contribution in [2.75, 3.05) is 26.2 Å². The number of rotatable bonds is 5. The highest BCUT2D eigenvalue weighted by molar-refractivity contribution is 7.89. The molecule has 2 aromatic rings. The average molecular weight is 435 g/mol. The summed E-state index contributed by atoms with van der Waals surface area (Å²) in [5.41, 5.74) is 0.588. The van der Waals surface area contributed by atoms with Gasteiger partial charge in [0.2, 0.25) is 0 Å². The number of carbonyl (C=O) groups excluding carboxylic acids is 1. The van der Waals surface area contributed by atoms with Crippen LogP contribution in [0.15, 0.2) is 35.5 Å². The maximum Gasteiger partial charge on any atom is 0.342 e. The molecule has 0 spiro atoms. The molecule has 27 heavy (non-hydrogen) atoms. The maximum absolute atomic E-state index is 13.2. The minimum absolute atomic E-state index is 0. The van der Waals surface area contributed by atoms with Gasteiger partial charge in [-0.15, -0.1) is 12.4 Å². The molecule has 1 aromatic heterocycles. The Kier molecular flexibility index (Phi) is 7.24. The lowest BCUT2D eigenvalue weighted by atomic mass is 10.1. The minimum Gasteiger partial charge on any atom is -0.462 e. The number of piperazine rings is 1. The summed E-state index contributed by atoms with van der Waals surface area (Å²) in [5, 5.41) is 9.56. The molecule has 1 aromatic carbocycles. The Hall–Kier alpha value is -1.65. The van der Waals surface area contributed by atoms with Crippen LogP contribution >= 0.6 is 24.0 Å². The van der Waals surface area contributed by atoms with Crippen LogP contribution in [0.3, 0.4) is 0 Å². The molecule has 0 bridgehead atoms. The van der Waals surface area contributed by atoms with Gasteiger partial charge in [-0.05, 0) is 18.6 Å². The zero-order valence-electron chi connectivity index (χ0n) is 14.5.